The van der Waals surface area contributed by atoms with Crippen molar-refractivity contribution in [2.45, 2.75) is 0 Å². The number of methoxy groups -OCH3 is 2. The van der Waals surface area contributed by atoms with Gasteiger partial charge in [0.2, 0.25) is 0 Å². The van der Waals surface area contributed by atoms with Crippen molar-refractivity contribution in [1.29, 1.82) is 5.26 Å². The minimum Gasteiger partial charge on any atom is -0.493 e. The number of ether oxygens (including phenoxy) is 2. The van der Waals surface area contributed by atoms with E-state index in [0.29, 0.717) is 17.2 Å². The van der Waals surface area contributed by atoms with Gasteiger partial charge in [-0.05, 0) is 52.1 Å². The van der Waals surface area contributed by atoms with Gasteiger partial charge in [-0.3, -0.25) is 0 Å². The van der Waals surface area contributed by atoms with Crippen LogP contribution < -0.4 is 15.2 Å². The van der Waals surface area contributed by atoms with Gasteiger partial charge in [0, 0.05) is 11.8 Å². The van der Waals surface area contributed by atoms with Gasteiger partial charge in [0.15, 0.2) is 11.5 Å². The highest BCUT2D eigenvalue weighted by molar-refractivity contribution is 5.83. The summed E-state index contributed by atoms with van der Waals surface area (Å²) < 4.78 is 10.7. The van der Waals surface area contributed by atoms with Crippen molar-refractivity contribution in [3.63, 3.8) is 0 Å². The Morgan fingerprint density at radius 3 is 2.19 bits per heavy atom. The van der Waals surface area contributed by atoms with Gasteiger partial charge in [0.1, 0.15) is 0 Å². The molecule has 2 N–H and O–H groups in total. The summed E-state index contributed by atoms with van der Waals surface area (Å²) in [5, 5.41) is 9.18. The van der Waals surface area contributed by atoms with E-state index in [9.17, 15) is 5.26 Å². The maximum absolute atomic E-state index is 9.18. The summed E-state index contributed by atoms with van der Waals surface area (Å²) in [6.07, 6.45) is 1.54. The Hall–Kier alpha value is -3.71. The van der Waals surface area contributed by atoms with Crippen LogP contribution in [0.2, 0.25) is 0 Å². The molecule has 3 aromatic carbocycles. The van der Waals surface area contributed by atoms with Crippen LogP contribution >= 0.6 is 0 Å². The number of anilines is 1. The lowest BCUT2D eigenvalue weighted by Gasteiger charge is -2.11. The van der Waals surface area contributed by atoms with Crippen LogP contribution in [0, 0.1) is 11.3 Å². The third-order valence-electron chi connectivity index (χ3n) is 4.32. The van der Waals surface area contributed by atoms with Crippen molar-refractivity contribution in [2.75, 3.05) is 20.0 Å². The van der Waals surface area contributed by atoms with Crippen LogP contribution in [0.1, 0.15) is 11.1 Å². The number of rotatable bonds is 5. The fraction of sp³-hybridized carbons (Fsp3) is 0.0870. The molecule has 0 radical (unpaired) electrons. The number of nitrogens with two attached hydrogens (primary N) is 1. The van der Waals surface area contributed by atoms with Gasteiger partial charge < -0.3 is 15.2 Å². The SMILES string of the molecule is COc1ccc(-c2ccc(C(=CC#N)c3cccc(N)c3)cc2)cc1OC. The minimum atomic E-state index is 0.665. The first-order chi connectivity index (χ1) is 13.2. The van der Waals surface area contributed by atoms with Gasteiger partial charge in [0.25, 0.3) is 0 Å². The predicted octanol–water partition coefficient (Wildman–Crippen LogP) is 4.91. The monoisotopic (exact) mass is 356 g/mol. The maximum atomic E-state index is 9.18. The standard InChI is InChI=1S/C23H20N2O2/c1-26-22-11-10-18(15-23(22)27-2)16-6-8-17(9-7-16)21(12-13-24)19-4-3-5-20(25)14-19/h3-12,14-15H,25H2,1-2H3. The van der Waals surface area contributed by atoms with Gasteiger partial charge in [-0.1, -0.05) is 42.5 Å². The summed E-state index contributed by atoms with van der Waals surface area (Å²) in [7, 11) is 3.24. The molecule has 0 aliphatic carbocycles. The Morgan fingerprint density at radius 2 is 1.56 bits per heavy atom. The van der Waals surface area contributed by atoms with Gasteiger partial charge >= 0.3 is 0 Å². The summed E-state index contributed by atoms with van der Waals surface area (Å²) in [4.78, 5) is 0. The molecular formula is C23H20N2O2. The van der Waals surface area contributed by atoms with Crippen molar-refractivity contribution in [2.24, 2.45) is 0 Å². The number of benzene rings is 3. The van der Waals surface area contributed by atoms with Crippen LogP contribution in [0.15, 0.2) is 72.8 Å². The molecule has 0 saturated heterocycles. The molecule has 3 aromatic rings. The Morgan fingerprint density at radius 1 is 0.852 bits per heavy atom. The Balaban J connectivity index is 1.97. The molecule has 0 aromatic heterocycles. The molecule has 0 unspecified atom stereocenters. The number of hydrogen-bond donors (Lipinski definition) is 1. The van der Waals surface area contributed by atoms with Crippen LogP contribution in [0.4, 0.5) is 5.69 Å². The number of hydrogen-bond acceptors (Lipinski definition) is 4. The fourth-order valence-corrected chi connectivity index (χ4v) is 2.96. The minimum absolute atomic E-state index is 0.665. The molecule has 3 rings (SSSR count). The lowest BCUT2D eigenvalue weighted by Crippen LogP contribution is -1.92. The van der Waals surface area contributed by atoms with Gasteiger partial charge in [0.05, 0.1) is 20.3 Å². The van der Waals surface area contributed by atoms with Crippen LogP contribution in [0.5, 0.6) is 11.5 Å². The van der Waals surface area contributed by atoms with E-state index >= 15 is 0 Å². The number of nitrogen functional groups attached to an aromatic ring is 1. The first kappa shape index (κ1) is 18.1. The number of nitrogens with zero attached hydrogens (tertiary/aromatic N) is 1. The van der Waals surface area contributed by atoms with Gasteiger partial charge in [-0.2, -0.15) is 5.26 Å². The molecule has 0 fully saturated rings. The highest BCUT2D eigenvalue weighted by Gasteiger charge is 2.09. The molecule has 0 heterocycles. The van der Waals surface area contributed by atoms with Gasteiger partial charge in [-0.25, -0.2) is 0 Å². The largest absolute Gasteiger partial charge is 0.493 e. The average molecular weight is 356 g/mol. The number of nitriles is 1. The lowest BCUT2D eigenvalue weighted by molar-refractivity contribution is 0.355. The van der Waals surface area contributed by atoms with E-state index in [1.807, 2.05) is 66.7 Å². The van der Waals surface area contributed by atoms with Crippen LogP contribution in [0.3, 0.4) is 0 Å². The van der Waals surface area contributed by atoms with Crippen molar-refractivity contribution in [3.05, 3.63) is 83.9 Å². The summed E-state index contributed by atoms with van der Waals surface area (Å²) in [5.41, 5.74) is 11.3. The first-order valence-corrected chi connectivity index (χ1v) is 8.45. The topological polar surface area (TPSA) is 68.3 Å². The molecule has 0 saturated carbocycles. The molecule has 0 spiro atoms. The second-order valence-electron chi connectivity index (χ2n) is 5.96. The van der Waals surface area contributed by atoms with Crippen LogP contribution in [0.25, 0.3) is 16.7 Å². The molecule has 0 aliphatic rings. The van der Waals surface area contributed by atoms with Gasteiger partial charge in [-0.15, -0.1) is 0 Å². The molecule has 4 heteroatoms. The molecule has 134 valence electrons. The van der Waals surface area contributed by atoms with E-state index in [4.69, 9.17) is 15.2 Å². The normalized spacial score (nSPS) is 10.9. The lowest BCUT2D eigenvalue weighted by atomic mass is 9.95. The summed E-state index contributed by atoms with van der Waals surface area (Å²) in [5.74, 6) is 1.38. The second kappa shape index (κ2) is 8.11. The average Bonchev–Trinajstić information content (AvgIpc) is 2.71. The smallest absolute Gasteiger partial charge is 0.161 e. The zero-order valence-corrected chi connectivity index (χ0v) is 15.3. The molecular weight excluding hydrogens is 336 g/mol. The third kappa shape index (κ3) is 3.94. The van der Waals surface area contributed by atoms with E-state index in [1.165, 1.54) is 0 Å². The van der Waals surface area contributed by atoms with Crippen molar-refractivity contribution < 1.29 is 9.47 Å². The maximum Gasteiger partial charge on any atom is 0.161 e. The number of allylic oxidation sites excluding steroid dienone is 1. The zero-order valence-electron chi connectivity index (χ0n) is 15.3. The molecule has 0 aliphatic heterocycles. The van der Waals surface area contributed by atoms with Crippen LogP contribution in [-0.4, -0.2) is 14.2 Å². The summed E-state index contributed by atoms with van der Waals surface area (Å²) in [6.45, 7) is 0. The van der Waals surface area contributed by atoms with E-state index in [1.54, 1.807) is 20.3 Å². The van der Waals surface area contributed by atoms with Crippen LogP contribution in [-0.2, 0) is 0 Å². The van der Waals surface area contributed by atoms with Crippen molar-refractivity contribution in [1.82, 2.24) is 0 Å². The molecule has 27 heavy (non-hydrogen) atoms. The molecule has 0 amide bonds. The second-order valence-corrected chi connectivity index (χ2v) is 5.96. The Labute approximate surface area is 159 Å². The fourth-order valence-electron chi connectivity index (χ4n) is 2.96. The highest BCUT2D eigenvalue weighted by Crippen LogP contribution is 2.33. The summed E-state index contributed by atoms with van der Waals surface area (Å²) in [6, 6.07) is 23.5. The van der Waals surface area contributed by atoms with Crippen molar-refractivity contribution >= 4 is 11.3 Å². The Kier molecular flexibility index (Phi) is 5.44. The van der Waals surface area contributed by atoms with E-state index in [2.05, 4.69) is 6.07 Å². The van der Waals surface area contributed by atoms with Crippen molar-refractivity contribution in [3.8, 4) is 28.7 Å². The molecule has 4 nitrogen and oxygen atoms in total. The van der Waals surface area contributed by atoms with E-state index < -0.39 is 0 Å². The van der Waals surface area contributed by atoms with E-state index in [0.717, 1.165) is 27.8 Å². The summed E-state index contributed by atoms with van der Waals surface area (Å²) >= 11 is 0. The highest BCUT2D eigenvalue weighted by atomic mass is 16.5. The zero-order chi connectivity index (χ0) is 19.2. The quantitative estimate of drug-likeness (QED) is 0.521. The Bertz CT molecular complexity index is 1020. The third-order valence-corrected chi connectivity index (χ3v) is 4.32. The van der Waals surface area contributed by atoms with E-state index in [-0.39, 0.29) is 0 Å². The molecule has 0 atom stereocenters. The predicted molar refractivity (Wildman–Crippen MR) is 109 cm³/mol. The first-order valence-electron chi connectivity index (χ1n) is 8.45. The molecule has 0 bridgehead atoms.